The maximum absolute atomic E-state index is 7.75. The van der Waals surface area contributed by atoms with Crippen LogP contribution in [0.25, 0.3) is 0 Å². The Morgan fingerprint density at radius 3 is 2.20 bits per heavy atom. The third kappa shape index (κ3) is 2.65. The van der Waals surface area contributed by atoms with Gasteiger partial charge in [0.2, 0.25) is 0 Å². The largest absolute Gasteiger partial charge is 2.00 e. The van der Waals surface area contributed by atoms with Crippen molar-refractivity contribution in [1.82, 2.24) is 0 Å². The average Bonchev–Trinajstić information content (AvgIpc) is 2.48. The van der Waals surface area contributed by atoms with Crippen molar-refractivity contribution in [2.75, 3.05) is 0 Å². The van der Waals surface area contributed by atoms with E-state index in [-0.39, 0.29) is 21.7 Å². The Kier molecular flexibility index (Phi) is 6.23. The van der Waals surface area contributed by atoms with Gasteiger partial charge in [0.25, 0.3) is 0 Å². The molecule has 1 nitrogen and oxygen atoms in total. The molecule has 1 aliphatic rings. The molecule has 0 fully saturated rings. The molecule has 2 rings (SSSR count). The SMILES string of the molecule is Cc1c2c([c-](C)c1C)CCCC2.[CH-]=O.[Ti+2]. The van der Waals surface area contributed by atoms with Crippen LogP contribution in [-0.4, -0.2) is 6.79 Å². The molecule has 1 aliphatic carbocycles. The van der Waals surface area contributed by atoms with E-state index in [1.54, 1.807) is 27.8 Å². The van der Waals surface area contributed by atoms with Crippen LogP contribution in [0.15, 0.2) is 0 Å². The van der Waals surface area contributed by atoms with Gasteiger partial charge < -0.3 is 4.79 Å². The molecule has 1 aromatic rings. The first kappa shape index (κ1) is 14.7. The topological polar surface area (TPSA) is 17.1 Å². The molecule has 0 N–H and O–H groups in total. The van der Waals surface area contributed by atoms with Crippen LogP contribution in [0.2, 0.25) is 0 Å². The Hall–Kier alpha value is -0.266. The van der Waals surface area contributed by atoms with Crippen LogP contribution in [0, 0.1) is 20.8 Å². The fourth-order valence-electron chi connectivity index (χ4n) is 2.47. The van der Waals surface area contributed by atoms with Crippen molar-refractivity contribution >= 4 is 6.79 Å². The molecule has 0 atom stereocenters. The van der Waals surface area contributed by atoms with Crippen molar-refractivity contribution in [1.29, 1.82) is 0 Å². The van der Waals surface area contributed by atoms with Gasteiger partial charge in [0, 0.05) is 0 Å². The Balaban J connectivity index is 0.000000617. The Morgan fingerprint density at radius 1 is 1.13 bits per heavy atom. The van der Waals surface area contributed by atoms with Gasteiger partial charge in [-0.05, 0) is 0 Å². The van der Waals surface area contributed by atoms with Crippen LogP contribution in [0.3, 0.4) is 0 Å². The van der Waals surface area contributed by atoms with E-state index in [0.29, 0.717) is 0 Å². The Morgan fingerprint density at radius 2 is 1.67 bits per heavy atom. The molecule has 0 unspecified atom stereocenters. The van der Waals surface area contributed by atoms with Crippen molar-refractivity contribution in [3.63, 3.8) is 0 Å². The van der Waals surface area contributed by atoms with Gasteiger partial charge in [0.1, 0.15) is 0 Å². The predicted molar refractivity (Wildman–Crippen MR) is 59.6 cm³/mol. The zero-order valence-electron chi connectivity index (χ0n) is 9.81. The Labute approximate surface area is 108 Å². The zero-order valence-corrected chi connectivity index (χ0v) is 11.4. The second kappa shape index (κ2) is 6.35. The first-order valence-electron chi connectivity index (χ1n) is 5.19. The van der Waals surface area contributed by atoms with Crippen LogP contribution in [-0.2, 0) is 39.4 Å². The molecule has 0 bridgehead atoms. The summed E-state index contributed by atoms with van der Waals surface area (Å²) in [5.41, 5.74) is 8.04. The van der Waals surface area contributed by atoms with Gasteiger partial charge in [0.15, 0.2) is 0 Å². The van der Waals surface area contributed by atoms with Crippen molar-refractivity contribution in [2.45, 2.75) is 46.5 Å². The summed E-state index contributed by atoms with van der Waals surface area (Å²) >= 11 is 0. The van der Waals surface area contributed by atoms with Gasteiger partial charge in [-0.3, -0.25) is 6.79 Å². The second-order valence-electron chi connectivity index (χ2n) is 4.04. The molecule has 0 saturated carbocycles. The number of rotatable bonds is 0. The van der Waals surface area contributed by atoms with Gasteiger partial charge in [-0.25, -0.2) is 0 Å². The summed E-state index contributed by atoms with van der Waals surface area (Å²) in [7, 11) is 0. The normalized spacial score (nSPS) is 13.3. The van der Waals surface area contributed by atoms with Gasteiger partial charge in [-0.15, -0.1) is 0 Å². The number of hydrogen-bond acceptors (Lipinski definition) is 1. The first-order chi connectivity index (χ1) is 6.72. The molecule has 0 spiro atoms. The molecular weight excluding hydrogens is 220 g/mol. The fraction of sp³-hybridized carbons (Fsp3) is 0.538. The van der Waals surface area contributed by atoms with E-state index in [1.807, 2.05) is 0 Å². The summed E-state index contributed by atoms with van der Waals surface area (Å²) in [5.74, 6) is 0. The number of hydrogen-bond donors (Lipinski definition) is 0. The molecule has 0 heterocycles. The molecule has 0 aromatic heterocycles. The molecule has 0 saturated heterocycles. The van der Waals surface area contributed by atoms with E-state index in [0.717, 1.165) is 0 Å². The minimum atomic E-state index is 0. The van der Waals surface area contributed by atoms with Gasteiger partial charge in [-0.2, -0.15) is 27.8 Å². The van der Waals surface area contributed by atoms with E-state index in [9.17, 15) is 0 Å². The zero-order chi connectivity index (χ0) is 10.7. The van der Waals surface area contributed by atoms with Crippen LogP contribution in [0.1, 0.15) is 40.7 Å². The molecule has 0 aliphatic heterocycles. The van der Waals surface area contributed by atoms with Gasteiger partial charge >= 0.3 is 21.7 Å². The van der Waals surface area contributed by atoms with Crippen LogP contribution in [0.4, 0.5) is 0 Å². The van der Waals surface area contributed by atoms with Crippen LogP contribution in [0.5, 0.6) is 0 Å². The molecule has 2 heteroatoms. The maximum Gasteiger partial charge on any atom is 2.00 e. The van der Waals surface area contributed by atoms with E-state index >= 15 is 0 Å². The minimum Gasteiger partial charge on any atom is -0.545 e. The van der Waals surface area contributed by atoms with E-state index in [4.69, 9.17) is 4.79 Å². The van der Waals surface area contributed by atoms with Crippen molar-refractivity contribution in [3.05, 3.63) is 27.8 Å². The number of fused-ring (bicyclic) bond motifs is 1. The third-order valence-corrected chi connectivity index (χ3v) is 3.50. The summed E-state index contributed by atoms with van der Waals surface area (Å²) in [6.07, 6.45) is 5.46. The molecular formula is C13H18OTi. The summed E-state index contributed by atoms with van der Waals surface area (Å²) in [4.78, 5) is 7.75. The predicted octanol–water partition coefficient (Wildman–Crippen LogP) is 2.93. The number of carbonyl (C=O) groups excluding carboxylic acids is 1. The summed E-state index contributed by atoms with van der Waals surface area (Å²) < 4.78 is 0. The second-order valence-corrected chi connectivity index (χ2v) is 4.04. The minimum absolute atomic E-state index is 0. The fourth-order valence-corrected chi connectivity index (χ4v) is 2.47. The first-order valence-corrected chi connectivity index (χ1v) is 5.19. The summed E-state index contributed by atoms with van der Waals surface area (Å²) in [6, 6.07) is 0. The van der Waals surface area contributed by atoms with Crippen LogP contribution < -0.4 is 0 Å². The van der Waals surface area contributed by atoms with Crippen LogP contribution >= 0.6 is 0 Å². The van der Waals surface area contributed by atoms with Gasteiger partial charge in [-0.1, -0.05) is 46.5 Å². The Bertz CT molecular complexity index is 296. The monoisotopic (exact) mass is 238 g/mol. The van der Waals surface area contributed by atoms with E-state index in [2.05, 4.69) is 27.6 Å². The molecule has 15 heavy (non-hydrogen) atoms. The van der Waals surface area contributed by atoms with E-state index in [1.165, 1.54) is 25.7 Å². The quantitative estimate of drug-likeness (QED) is 0.386. The molecule has 80 valence electrons. The maximum atomic E-state index is 7.75. The average molecular weight is 238 g/mol. The third-order valence-electron chi connectivity index (χ3n) is 3.50. The van der Waals surface area contributed by atoms with Crippen molar-refractivity contribution < 1.29 is 26.5 Å². The van der Waals surface area contributed by atoms with Crippen molar-refractivity contribution in [2.24, 2.45) is 0 Å². The standard InChI is InChI=1S/C12H17.CHO.Ti/c1-8-9(2)11-6-4-5-7-12(11)10(8)3;1-2;/h4-7H2,1-3H3;1H;/q2*-1;+2. The molecule has 0 amide bonds. The van der Waals surface area contributed by atoms with Gasteiger partial charge in [0.05, 0.1) is 0 Å². The summed E-state index contributed by atoms with van der Waals surface area (Å²) in [6.45, 7) is 10.1. The van der Waals surface area contributed by atoms with E-state index < -0.39 is 0 Å². The molecule has 1 aromatic carbocycles. The summed E-state index contributed by atoms with van der Waals surface area (Å²) in [5, 5.41) is 0. The molecule has 0 radical (unpaired) electrons. The smallest absolute Gasteiger partial charge is 0.545 e. The van der Waals surface area contributed by atoms with Crippen molar-refractivity contribution in [3.8, 4) is 0 Å².